The van der Waals surface area contributed by atoms with E-state index in [2.05, 4.69) is 20.9 Å². The van der Waals surface area contributed by atoms with Gasteiger partial charge in [0.25, 0.3) is 5.56 Å². The molecule has 0 bridgehead atoms. The summed E-state index contributed by atoms with van der Waals surface area (Å²) in [6, 6.07) is 1.18. The van der Waals surface area contributed by atoms with Gasteiger partial charge in [-0.05, 0) is 0 Å². The minimum absolute atomic E-state index is 0.349. The molecule has 94 valence electrons. The van der Waals surface area contributed by atoms with Crippen molar-refractivity contribution < 1.29 is 14.9 Å². The number of ether oxygens (including phenoxy) is 1. The Morgan fingerprint density at radius 3 is 2.76 bits per heavy atom. The lowest BCUT2D eigenvalue weighted by Crippen LogP contribution is -2.35. The SMILES string of the molecule is O=c1ccn([C@H]2O[C@@H](CO)[C@H](O)[C@@H]2Br)c(=O)[nH]1. The molecule has 1 aliphatic heterocycles. The zero-order valence-electron chi connectivity index (χ0n) is 8.62. The van der Waals surface area contributed by atoms with Gasteiger partial charge in [-0.25, -0.2) is 4.79 Å². The van der Waals surface area contributed by atoms with E-state index >= 15 is 0 Å². The molecule has 0 aliphatic carbocycles. The van der Waals surface area contributed by atoms with Gasteiger partial charge in [-0.2, -0.15) is 0 Å². The topological polar surface area (TPSA) is 105 Å². The molecule has 1 saturated heterocycles. The van der Waals surface area contributed by atoms with E-state index in [4.69, 9.17) is 9.84 Å². The van der Waals surface area contributed by atoms with Crippen LogP contribution >= 0.6 is 15.9 Å². The predicted molar refractivity (Wildman–Crippen MR) is 61.0 cm³/mol. The maximum atomic E-state index is 11.5. The van der Waals surface area contributed by atoms with Crippen molar-refractivity contribution in [3.8, 4) is 0 Å². The number of aliphatic hydroxyl groups excluding tert-OH is 2. The first-order valence-corrected chi connectivity index (χ1v) is 5.86. The second kappa shape index (κ2) is 4.73. The van der Waals surface area contributed by atoms with Crippen molar-refractivity contribution in [3.05, 3.63) is 33.1 Å². The smallest absolute Gasteiger partial charge is 0.330 e. The number of alkyl halides is 1. The number of rotatable bonds is 2. The van der Waals surface area contributed by atoms with Gasteiger partial charge in [0.2, 0.25) is 0 Å². The molecule has 17 heavy (non-hydrogen) atoms. The number of H-pyrrole nitrogens is 1. The Hall–Kier alpha value is -0.960. The summed E-state index contributed by atoms with van der Waals surface area (Å²) in [5.41, 5.74) is -1.13. The molecular weight excluding hydrogens is 296 g/mol. The number of nitrogens with one attached hydrogen (secondary N) is 1. The van der Waals surface area contributed by atoms with Crippen LogP contribution in [-0.4, -0.2) is 43.4 Å². The van der Waals surface area contributed by atoms with E-state index in [1.165, 1.54) is 12.3 Å². The molecule has 3 N–H and O–H groups in total. The van der Waals surface area contributed by atoms with Gasteiger partial charge in [-0.1, -0.05) is 15.9 Å². The molecule has 0 amide bonds. The molecule has 0 radical (unpaired) electrons. The lowest BCUT2D eigenvalue weighted by Gasteiger charge is -2.16. The van der Waals surface area contributed by atoms with E-state index < -0.39 is 34.5 Å². The first kappa shape index (κ1) is 12.5. The van der Waals surface area contributed by atoms with Crippen LogP contribution in [0.3, 0.4) is 0 Å². The Labute approximate surface area is 104 Å². The number of aliphatic hydroxyl groups is 2. The molecule has 1 aromatic heterocycles. The molecule has 8 heteroatoms. The van der Waals surface area contributed by atoms with E-state index in [0.29, 0.717) is 0 Å². The summed E-state index contributed by atoms with van der Waals surface area (Å²) in [5, 5.41) is 18.7. The van der Waals surface area contributed by atoms with Gasteiger partial charge in [0.15, 0.2) is 6.23 Å². The molecule has 1 fully saturated rings. The summed E-state index contributed by atoms with van der Waals surface area (Å²) >= 11 is 3.20. The molecule has 0 aromatic carbocycles. The summed E-state index contributed by atoms with van der Waals surface area (Å²) in [6.07, 6.45) is -1.18. The van der Waals surface area contributed by atoms with Gasteiger partial charge >= 0.3 is 5.69 Å². The monoisotopic (exact) mass is 306 g/mol. The quantitative estimate of drug-likeness (QED) is 0.580. The summed E-state index contributed by atoms with van der Waals surface area (Å²) in [7, 11) is 0. The van der Waals surface area contributed by atoms with Crippen LogP contribution < -0.4 is 11.2 Å². The number of aromatic nitrogens is 2. The van der Waals surface area contributed by atoms with Crippen LogP contribution in [0.5, 0.6) is 0 Å². The molecule has 2 heterocycles. The van der Waals surface area contributed by atoms with Crippen LogP contribution in [-0.2, 0) is 4.74 Å². The second-order valence-electron chi connectivity index (χ2n) is 3.70. The lowest BCUT2D eigenvalue weighted by molar-refractivity contribution is -0.0456. The highest BCUT2D eigenvalue weighted by Gasteiger charge is 2.43. The lowest BCUT2D eigenvalue weighted by atomic mass is 10.2. The van der Waals surface area contributed by atoms with Crippen LogP contribution in [0.4, 0.5) is 0 Å². The van der Waals surface area contributed by atoms with Crippen molar-refractivity contribution in [2.75, 3.05) is 6.61 Å². The third-order valence-corrected chi connectivity index (χ3v) is 3.59. The largest absolute Gasteiger partial charge is 0.394 e. The fourth-order valence-electron chi connectivity index (χ4n) is 1.71. The first-order valence-electron chi connectivity index (χ1n) is 4.94. The molecule has 2 rings (SSSR count). The van der Waals surface area contributed by atoms with E-state index in [-0.39, 0.29) is 6.61 Å². The summed E-state index contributed by atoms with van der Waals surface area (Å²) in [5.74, 6) is 0. The van der Waals surface area contributed by atoms with Crippen molar-refractivity contribution in [1.29, 1.82) is 0 Å². The van der Waals surface area contributed by atoms with Crippen molar-refractivity contribution in [3.63, 3.8) is 0 Å². The van der Waals surface area contributed by atoms with Gasteiger partial charge in [0, 0.05) is 12.3 Å². The van der Waals surface area contributed by atoms with E-state index in [9.17, 15) is 14.7 Å². The highest BCUT2D eigenvalue weighted by molar-refractivity contribution is 9.09. The Kier molecular flexibility index (Phi) is 3.48. The fraction of sp³-hybridized carbons (Fsp3) is 0.556. The third-order valence-electron chi connectivity index (χ3n) is 2.60. The Bertz CT molecular complexity index is 513. The maximum absolute atomic E-state index is 11.5. The van der Waals surface area contributed by atoms with Gasteiger partial charge in [-0.3, -0.25) is 14.3 Å². The third kappa shape index (κ3) is 2.21. The summed E-state index contributed by atoms with van der Waals surface area (Å²) in [4.78, 5) is 24.0. The van der Waals surface area contributed by atoms with E-state index in [1.807, 2.05) is 0 Å². The molecule has 0 spiro atoms. The van der Waals surface area contributed by atoms with Crippen LogP contribution in [0.1, 0.15) is 6.23 Å². The molecule has 1 aliphatic rings. The average molecular weight is 307 g/mol. The zero-order chi connectivity index (χ0) is 12.6. The number of halogens is 1. The van der Waals surface area contributed by atoms with Crippen LogP contribution in [0.15, 0.2) is 21.9 Å². The van der Waals surface area contributed by atoms with Gasteiger partial charge < -0.3 is 14.9 Å². The predicted octanol–water partition coefficient (Wildman–Crippen LogP) is -1.45. The molecule has 0 saturated carbocycles. The van der Waals surface area contributed by atoms with Gasteiger partial charge in [-0.15, -0.1) is 0 Å². The van der Waals surface area contributed by atoms with Crippen LogP contribution in [0.2, 0.25) is 0 Å². The second-order valence-corrected chi connectivity index (χ2v) is 4.76. The average Bonchev–Trinajstić information content (AvgIpc) is 2.57. The zero-order valence-corrected chi connectivity index (χ0v) is 10.2. The number of hydrogen-bond acceptors (Lipinski definition) is 5. The number of hydrogen-bond donors (Lipinski definition) is 3. The Balaban J connectivity index is 2.35. The highest BCUT2D eigenvalue weighted by Crippen LogP contribution is 2.33. The van der Waals surface area contributed by atoms with Crippen molar-refractivity contribution >= 4 is 15.9 Å². The molecule has 0 unspecified atom stereocenters. The van der Waals surface area contributed by atoms with Crippen LogP contribution in [0.25, 0.3) is 0 Å². The van der Waals surface area contributed by atoms with E-state index in [1.54, 1.807) is 0 Å². The molecule has 1 aromatic rings. The minimum Gasteiger partial charge on any atom is -0.394 e. The number of nitrogens with zero attached hydrogens (tertiary/aromatic N) is 1. The standard InChI is InChI=1S/C9H11BrN2O5/c10-6-7(15)4(3-13)17-8(6)12-2-1-5(14)11-9(12)16/h1-2,4,6-8,13,15H,3H2,(H,11,14,16)/t4-,6-,7-,8-/m0/s1. The minimum atomic E-state index is -0.927. The normalized spacial score (nSPS) is 32.9. The summed E-state index contributed by atoms with van der Waals surface area (Å²) in [6.45, 7) is -0.349. The Morgan fingerprint density at radius 2 is 2.24 bits per heavy atom. The first-order chi connectivity index (χ1) is 8.04. The Morgan fingerprint density at radius 1 is 1.53 bits per heavy atom. The summed E-state index contributed by atoms with van der Waals surface area (Å²) < 4.78 is 6.49. The maximum Gasteiger partial charge on any atom is 0.330 e. The van der Waals surface area contributed by atoms with Gasteiger partial charge in [0.1, 0.15) is 6.10 Å². The molecule has 4 atom stereocenters. The molecule has 7 nitrogen and oxygen atoms in total. The van der Waals surface area contributed by atoms with Crippen molar-refractivity contribution in [2.45, 2.75) is 23.3 Å². The van der Waals surface area contributed by atoms with Crippen LogP contribution in [0, 0.1) is 0 Å². The highest BCUT2D eigenvalue weighted by atomic mass is 79.9. The van der Waals surface area contributed by atoms with Gasteiger partial charge in [0.05, 0.1) is 17.5 Å². The fourth-order valence-corrected chi connectivity index (χ4v) is 2.43. The van der Waals surface area contributed by atoms with Crippen molar-refractivity contribution in [2.24, 2.45) is 0 Å². The van der Waals surface area contributed by atoms with Crippen molar-refractivity contribution in [1.82, 2.24) is 9.55 Å². The molecular formula is C9H11BrN2O5. The number of aromatic amines is 1. The van der Waals surface area contributed by atoms with E-state index in [0.717, 1.165) is 4.57 Å².